The van der Waals surface area contributed by atoms with Gasteiger partial charge in [0.25, 0.3) is 0 Å². The van der Waals surface area contributed by atoms with Crippen LogP contribution in [-0.2, 0) is 6.42 Å². The molecule has 1 aromatic heterocycles. The molecule has 1 atom stereocenters. The van der Waals surface area contributed by atoms with Gasteiger partial charge in [-0.3, -0.25) is 0 Å². The van der Waals surface area contributed by atoms with Crippen LogP contribution in [0.3, 0.4) is 0 Å². The largest absolute Gasteiger partial charge is 0.396 e. The number of aryl methyl sites for hydroxylation is 1. The SMILES string of the molecule is CCCc1ncnc(NC(C)CCO)c1C. The van der Waals surface area contributed by atoms with Crippen molar-refractivity contribution in [3.63, 3.8) is 0 Å². The fourth-order valence-corrected chi connectivity index (χ4v) is 1.62. The van der Waals surface area contributed by atoms with Crippen LogP contribution in [0.4, 0.5) is 5.82 Å². The average Bonchev–Trinajstić information content (AvgIpc) is 2.24. The van der Waals surface area contributed by atoms with Crippen LogP contribution in [0.5, 0.6) is 0 Å². The summed E-state index contributed by atoms with van der Waals surface area (Å²) in [7, 11) is 0. The molecule has 16 heavy (non-hydrogen) atoms. The van der Waals surface area contributed by atoms with Crippen molar-refractivity contribution >= 4 is 5.82 Å². The van der Waals surface area contributed by atoms with Crippen molar-refractivity contribution in [2.75, 3.05) is 11.9 Å². The molecule has 0 aliphatic carbocycles. The lowest BCUT2D eigenvalue weighted by molar-refractivity contribution is 0.282. The predicted molar refractivity (Wildman–Crippen MR) is 65.6 cm³/mol. The van der Waals surface area contributed by atoms with E-state index in [1.165, 1.54) is 0 Å². The van der Waals surface area contributed by atoms with Crippen molar-refractivity contribution in [1.29, 1.82) is 0 Å². The van der Waals surface area contributed by atoms with Crippen LogP contribution in [0.1, 0.15) is 37.9 Å². The summed E-state index contributed by atoms with van der Waals surface area (Å²) in [6, 6.07) is 0.230. The molecule has 1 rings (SSSR count). The molecule has 90 valence electrons. The van der Waals surface area contributed by atoms with Gasteiger partial charge in [-0.2, -0.15) is 0 Å². The van der Waals surface area contributed by atoms with E-state index in [1.54, 1.807) is 6.33 Å². The summed E-state index contributed by atoms with van der Waals surface area (Å²) in [5, 5.41) is 12.1. The highest BCUT2D eigenvalue weighted by atomic mass is 16.3. The number of aromatic nitrogens is 2. The molecule has 0 aromatic carbocycles. The Hall–Kier alpha value is -1.16. The van der Waals surface area contributed by atoms with Crippen molar-refractivity contribution in [2.24, 2.45) is 0 Å². The third-order valence-electron chi connectivity index (χ3n) is 2.62. The van der Waals surface area contributed by atoms with Crippen LogP contribution in [0.25, 0.3) is 0 Å². The first kappa shape index (κ1) is 12.9. The van der Waals surface area contributed by atoms with Gasteiger partial charge in [0.2, 0.25) is 0 Å². The van der Waals surface area contributed by atoms with Gasteiger partial charge >= 0.3 is 0 Å². The summed E-state index contributed by atoms with van der Waals surface area (Å²) in [4.78, 5) is 8.52. The lowest BCUT2D eigenvalue weighted by Crippen LogP contribution is -2.18. The second-order valence-electron chi connectivity index (χ2n) is 4.10. The fraction of sp³-hybridized carbons (Fsp3) is 0.667. The molecule has 1 heterocycles. The van der Waals surface area contributed by atoms with Crippen molar-refractivity contribution in [2.45, 2.75) is 46.1 Å². The zero-order valence-corrected chi connectivity index (χ0v) is 10.3. The molecule has 0 aliphatic heterocycles. The monoisotopic (exact) mass is 223 g/mol. The Morgan fingerprint density at radius 2 is 2.19 bits per heavy atom. The number of aliphatic hydroxyl groups is 1. The topological polar surface area (TPSA) is 58.0 Å². The number of nitrogens with one attached hydrogen (secondary N) is 1. The zero-order chi connectivity index (χ0) is 12.0. The van der Waals surface area contributed by atoms with Gasteiger partial charge < -0.3 is 10.4 Å². The van der Waals surface area contributed by atoms with Crippen LogP contribution in [-0.4, -0.2) is 27.7 Å². The molecule has 4 heteroatoms. The number of nitrogens with zero attached hydrogens (tertiary/aromatic N) is 2. The number of hydrogen-bond donors (Lipinski definition) is 2. The summed E-state index contributed by atoms with van der Waals surface area (Å²) in [5.74, 6) is 0.888. The molecule has 2 N–H and O–H groups in total. The first-order chi connectivity index (χ1) is 7.69. The molecule has 0 saturated heterocycles. The zero-order valence-electron chi connectivity index (χ0n) is 10.3. The number of rotatable bonds is 6. The molecule has 0 spiro atoms. The van der Waals surface area contributed by atoms with Crippen LogP contribution >= 0.6 is 0 Å². The van der Waals surface area contributed by atoms with Gasteiger partial charge in [-0.25, -0.2) is 9.97 Å². The Balaban J connectivity index is 2.76. The molecule has 0 amide bonds. The van der Waals surface area contributed by atoms with Gasteiger partial charge in [0.15, 0.2) is 0 Å². The lowest BCUT2D eigenvalue weighted by Gasteiger charge is -2.16. The number of anilines is 1. The van der Waals surface area contributed by atoms with E-state index < -0.39 is 0 Å². The highest BCUT2D eigenvalue weighted by Gasteiger charge is 2.08. The Morgan fingerprint density at radius 3 is 2.81 bits per heavy atom. The maximum absolute atomic E-state index is 8.85. The highest BCUT2D eigenvalue weighted by Crippen LogP contribution is 2.16. The van der Waals surface area contributed by atoms with Crippen molar-refractivity contribution in [3.05, 3.63) is 17.6 Å². The second kappa shape index (κ2) is 6.43. The van der Waals surface area contributed by atoms with Crippen LogP contribution in [0.15, 0.2) is 6.33 Å². The first-order valence-electron chi connectivity index (χ1n) is 5.86. The molecule has 0 fully saturated rings. The predicted octanol–water partition coefficient (Wildman–Crippen LogP) is 1.92. The van der Waals surface area contributed by atoms with Gasteiger partial charge in [-0.05, 0) is 26.7 Å². The normalized spacial score (nSPS) is 12.5. The minimum Gasteiger partial charge on any atom is -0.396 e. The molecule has 4 nitrogen and oxygen atoms in total. The molecule has 0 saturated carbocycles. The summed E-state index contributed by atoms with van der Waals surface area (Å²) in [5.41, 5.74) is 2.23. The molecule has 1 aromatic rings. The van der Waals surface area contributed by atoms with E-state index >= 15 is 0 Å². The lowest BCUT2D eigenvalue weighted by atomic mass is 10.1. The smallest absolute Gasteiger partial charge is 0.132 e. The average molecular weight is 223 g/mol. The molecular weight excluding hydrogens is 202 g/mol. The molecule has 1 unspecified atom stereocenters. The maximum atomic E-state index is 8.85. The van der Waals surface area contributed by atoms with Crippen LogP contribution in [0.2, 0.25) is 0 Å². The van der Waals surface area contributed by atoms with Crippen molar-refractivity contribution in [1.82, 2.24) is 9.97 Å². The van der Waals surface area contributed by atoms with Gasteiger partial charge in [0, 0.05) is 23.9 Å². The van der Waals surface area contributed by atoms with E-state index in [-0.39, 0.29) is 12.6 Å². The Labute approximate surface area is 97.1 Å². The van der Waals surface area contributed by atoms with E-state index in [4.69, 9.17) is 5.11 Å². The Bertz CT molecular complexity index is 328. The third kappa shape index (κ3) is 3.45. The summed E-state index contributed by atoms with van der Waals surface area (Å²) < 4.78 is 0. The van der Waals surface area contributed by atoms with E-state index in [0.29, 0.717) is 0 Å². The van der Waals surface area contributed by atoms with E-state index in [2.05, 4.69) is 22.2 Å². The van der Waals surface area contributed by atoms with Crippen molar-refractivity contribution < 1.29 is 5.11 Å². The molecular formula is C12H21N3O. The van der Waals surface area contributed by atoms with Crippen molar-refractivity contribution in [3.8, 4) is 0 Å². The maximum Gasteiger partial charge on any atom is 0.132 e. The summed E-state index contributed by atoms with van der Waals surface area (Å²) in [6.07, 6.45) is 4.40. The van der Waals surface area contributed by atoms with Gasteiger partial charge in [-0.1, -0.05) is 13.3 Å². The quantitative estimate of drug-likeness (QED) is 0.773. The highest BCUT2D eigenvalue weighted by molar-refractivity contribution is 5.45. The van der Waals surface area contributed by atoms with Gasteiger partial charge in [-0.15, -0.1) is 0 Å². The second-order valence-corrected chi connectivity index (χ2v) is 4.10. The van der Waals surface area contributed by atoms with Gasteiger partial charge in [0.05, 0.1) is 0 Å². The third-order valence-corrected chi connectivity index (χ3v) is 2.62. The molecule has 0 radical (unpaired) electrons. The van der Waals surface area contributed by atoms with Crippen LogP contribution in [0, 0.1) is 6.92 Å². The molecule has 0 bridgehead atoms. The summed E-state index contributed by atoms with van der Waals surface area (Å²) in [6.45, 7) is 6.42. The number of hydrogen-bond acceptors (Lipinski definition) is 4. The van der Waals surface area contributed by atoms with Crippen LogP contribution < -0.4 is 5.32 Å². The first-order valence-corrected chi connectivity index (χ1v) is 5.86. The van der Waals surface area contributed by atoms with E-state index in [9.17, 15) is 0 Å². The molecule has 0 aliphatic rings. The minimum absolute atomic E-state index is 0.195. The minimum atomic E-state index is 0.195. The standard InChI is InChI=1S/C12H21N3O/c1-4-5-11-10(3)12(14-8-13-11)15-9(2)6-7-16/h8-9,16H,4-7H2,1-3H3,(H,13,14,15). The Morgan fingerprint density at radius 1 is 1.44 bits per heavy atom. The van der Waals surface area contributed by atoms with E-state index in [1.807, 2.05) is 13.8 Å². The number of aliphatic hydroxyl groups excluding tert-OH is 1. The Kier molecular flexibility index (Phi) is 5.19. The fourth-order valence-electron chi connectivity index (χ4n) is 1.62. The van der Waals surface area contributed by atoms with Gasteiger partial charge in [0.1, 0.15) is 12.1 Å². The van der Waals surface area contributed by atoms with E-state index in [0.717, 1.165) is 36.3 Å². The summed E-state index contributed by atoms with van der Waals surface area (Å²) >= 11 is 0.